The van der Waals surface area contributed by atoms with Gasteiger partial charge in [0.05, 0.1) is 19.6 Å². The summed E-state index contributed by atoms with van der Waals surface area (Å²) in [5.74, 6) is -0.203. The summed E-state index contributed by atoms with van der Waals surface area (Å²) in [7, 11) is 0. The minimum absolute atomic E-state index is 0.203. The zero-order valence-corrected chi connectivity index (χ0v) is 19.2. The molecule has 0 radical (unpaired) electrons. The summed E-state index contributed by atoms with van der Waals surface area (Å²) in [6.45, 7) is 14.8. The molecule has 0 aromatic rings. The zero-order valence-electron chi connectivity index (χ0n) is 19.2. The molecular weight excluding hydrogens is 348 g/mol. The molecular formula is C24H49N2O2+. The van der Waals surface area contributed by atoms with Crippen LogP contribution in [0.3, 0.4) is 0 Å². The maximum Gasteiger partial charge on any atom is 0.243 e. The maximum absolute atomic E-state index is 11.5. The van der Waals surface area contributed by atoms with E-state index in [4.69, 9.17) is 0 Å². The maximum atomic E-state index is 11.5. The Morgan fingerprint density at radius 2 is 1.29 bits per heavy atom. The lowest BCUT2D eigenvalue weighted by Crippen LogP contribution is -2.55. The molecule has 0 aromatic carbocycles. The molecule has 2 N–H and O–H groups in total. The number of rotatable bonds is 20. The molecule has 166 valence electrons. The summed E-state index contributed by atoms with van der Waals surface area (Å²) in [5, 5.41) is 13.4. The van der Waals surface area contributed by atoms with Crippen molar-refractivity contribution in [3.8, 4) is 0 Å². The van der Waals surface area contributed by atoms with Gasteiger partial charge in [0.25, 0.3) is 0 Å². The van der Waals surface area contributed by atoms with Crippen LogP contribution in [0.5, 0.6) is 0 Å². The lowest BCUT2D eigenvalue weighted by molar-refractivity contribution is -0.931. The minimum atomic E-state index is -0.493. The first-order chi connectivity index (χ1) is 13.5. The summed E-state index contributed by atoms with van der Waals surface area (Å²) < 4.78 is 1.02. The first-order valence-electron chi connectivity index (χ1n) is 12.0. The van der Waals surface area contributed by atoms with Gasteiger partial charge in [-0.05, 0) is 44.6 Å². The lowest BCUT2D eigenvalue weighted by atomic mass is 10.1. The summed E-state index contributed by atoms with van der Waals surface area (Å²) in [6, 6.07) is 0. The second-order valence-corrected chi connectivity index (χ2v) is 8.48. The number of amides is 1. The van der Waals surface area contributed by atoms with Crippen molar-refractivity contribution in [1.29, 1.82) is 0 Å². The van der Waals surface area contributed by atoms with Gasteiger partial charge >= 0.3 is 0 Å². The number of hydrogen-bond acceptors (Lipinski definition) is 2. The normalized spacial score (nSPS) is 12.7. The van der Waals surface area contributed by atoms with E-state index in [1.54, 1.807) is 0 Å². The number of nitrogens with one attached hydrogen (secondary N) is 1. The van der Waals surface area contributed by atoms with Crippen LogP contribution < -0.4 is 5.32 Å². The molecule has 1 atom stereocenters. The molecule has 0 heterocycles. The summed E-state index contributed by atoms with van der Waals surface area (Å²) in [5.41, 5.74) is 0. The van der Waals surface area contributed by atoms with Gasteiger partial charge in [0, 0.05) is 6.54 Å². The Morgan fingerprint density at radius 3 is 1.64 bits per heavy atom. The number of carbonyl (C=O) groups is 1. The quantitative estimate of drug-likeness (QED) is 0.168. The number of quaternary nitrogens is 1. The number of unbranched alkanes of at least 4 members (excludes halogenated alkanes) is 9. The van der Waals surface area contributed by atoms with E-state index in [1.807, 2.05) is 0 Å². The van der Waals surface area contributed by atoms with Crippen molar-refractivity contribution in [3.05, 3.63) is 12.7 Å². The van der Waals surface area contributed by atoms with Gasteiger partial charge in [0.15, 0.2) is 0 Å². The predicted octanol–water partition coefficient (Wildman–Crippen LogP) is 5.21. The number of hydrogen-bond donors (Lipinski definition) is 2. The number of nitrogens with zero attached hydrogens (tertiary/aromatic N) is 1. The summed E-state index contributed by atoms with van der Waals surface area (Å²) >= 11 is 0. The third-order valence-electron chi connectivity index (χ3n) is 5.75. The molecule has 0 aliphatic heterocycles. The number of aliphatic hydroxyl groups is 1. The van der Waals surface area contributed by atoms with E-state index in [-0.39, 0.29) is 5.91 Å². The fourth-order valence-corrected chi connectivity index (χ4v) is 4.03. The molecule has 4 heteroatoms. The number of carbonyl (C=O) groups excluding carboxylic acids is 1. The van der Waals surface area contributed by atoms with E-state index in [0.717, 1.165) is 30.7 Å². The third-order valence-corrected chi connectivity index (χ3v) is 5.75. The Bertz CT molecular complexity index is 354. The Balaban J connectivity index is 4.98. The molecule has 0 rings (SSSR count). The smallest absolute Gasteiger partial charge is 0.243 e. The van der Waals surface area contributed by atoms with Crippen molar-refractivity contribution in [2.45, 2.75) is 104 Å². The first kappa shape index (κ1) is 27.1. The van der Waals surface area contributed by atoms with E-state index in [0.29, 0.717) is 6.54 Å². The van der Waals surface area contributed by atoms with Crippen LogP contribution in [-0.4, -0.2) is 54.3 Å². The van der Waals surface area contributed by atoms with Crippen molar-refractivity contribution in [2.75, 3.05) is 32.7 Å². The Hall–Kier alpha value is -0.870. The minimum Gasteiger partial charge on any atom is -0.385 e. The molecule has 0 aliphatic carbocycles. The van der Waals surface area contributed by atoms with E-state index < -0.39 is 6.10 Å². The average molecular weight is 398 g/mol. The molecule has 0 fully saturated rings. The van der Waals surface area contributed by atoms with Crippen LogP contribution in [0.25, 0.3) is 0 Å². The SMILES string of the molecule is C=CC(=O)NCC(O)C[N+](CCCCCC)(CCCCCC)CCCCCC. The highest BCUT2D eigenvalue weighted by Crippen LogP contribution is 2.18. The van der Waals surface area contributed by atoms with Crippen molar-refractivity contribution in [3.63, 3.8) is 0 Å². The molecule has 0 spiro atoms. The van der Waals surface area contributed by atoms with E-state index in [2.05, 4.69) is 32.7 Å². The lowest BCUT2D eigenvalue weighted by Gasteiger charge is -2.41. The third kappa shape index (κ3) is 14.2. The molecule has 1 amide bonds. The fraction of sp³-hybridized carbons (Fsp3) is 0.875. The Labute approximate surface area is 175 Å². The van der Waals surface area contributed by atoms with Crippen LogP contribution >= 0.6 is 0 Å². The van der Waals surface area contributed by atoms with Gasteiger partial charge in [-0.25, -0.2) is 0 Å². The van der Waals surface area contributed by atoms with E-state index in [9.17, 15) is 9.90 Å². The topological polar surface area (TPSA) is 49.3 Å². The largest absolute Gasteiger partial charge is 0.385 e. The van der Waals surface area contributed by atoms with Gasteiger partial charge in [0.2, 0.25) is 5.91 Å². The molecule has 0 saturated heterocycles. The molecule has 1 unspecified atom stereocenters. The van der Waals surface area contributed by atoms with Crippen LogP contribution in [0, 0.1) is 0 Å². The predicted molar refractivity (Wildman–Crippen MR) is 121 cm³/mol. The molecule has 0 aromatic heterocycles. The zero-order chi connectivity index (χ0) is 21.1. The standard InChI is InChI=1S/C24H48N2O2/c1-5-9-12-15-18-26(19-16-13-10-6-2,20-17-14-11-7-3)22-23(27)21-25-24(28)8-4/h8,23,27H,4-7,9-22H2,1-3H3/p+1. The van der Waals surface area contributed by atoms with Gasteiger partial charge < -0.3 is 14.9 Å². The second kappa shape index (κ2) is 18.2. The highest BCUT2D eigenvalue weighted by atomic mass is 16.3. The van der Waals surface area contributed by atoms with Crippen molar-refractivity contribution >= 4 is 5.91 Å². The van der Waals surface area contributed by atoms with E-state index >= 15 is 0 Å². The van der Waals surface area contributed by atoms with Crippen LogP contribution in [0.2, 0.25) is 0 Å². The van der Waals surface area contributed by atoms with Crippen molar-refractivity contribution in [1.82, 2.24) is 5.32 Å². The molecule has 0 aliphatic rings. The molecule has 4 nitrogen and oxygen atoms in total. The van der Waals surface area contributed by atoms with Crippen LogP contribution in [0.1, 0.15) is 97.8 Å². The molecule has 0 saturated carbocycles. The molecule has 28 heavy (non-hydrogen) atoms. The highest BCUT2D eigenvalue weighted by molar-refractivity contribution is 5.86. The first-order valence-corrected chi connectivity index (χ1v) is 12.0. The number of aliphatic hydroxyl groups excluding tert-OH is 1. The fourth-order valence-electron chi connectivity index (χ4n) is 4.03. The van der Waals surface area contributed by atoms with Gasteiger partial charge in [-0.1, -0.05) is 65.9 Å². The van der Waals surface area contributed by atoms with Gasteiger partial charge in [-0.15, -0.1) is 0 Å². The van der Waals surface area contributed by atoms with Crippen molar-refractivity contribution < 1.29 is 14.4 Å². The Kier molecular flexibility index (Phi) is 17.6. The monoisotopic (exact) mass is 397 g/mol. The van der Waals surface area contributed by atoms with Gasteiger partial charge in [-0.3, -0.25) is 4.79 Å². The Morgan fingerprint density at radius 1 is 0.857 bits per heavy atom. The van der Waals surface area contributed by atoms with Crippen LogP contribution in [0.15, 0.2) is 12.7 Å². The molecule has 0 bridgehead atoms. The summed E-state index contributed by atoms with van der Waals surface area (Å²) in [4.78, 5) is 11.5. The second-order valence-electron chi connectivity index (χ2n) is 8.48. The summed E-state index contributed by atoms with van der Waals surface area (Å²) in [6.07, 6.45) is 16.0. The van der Waals surface area contributed by atoms with Crippen LogP contribution in [0.4, 0.5) is 0 Å². The van der Waals surface area contributed by atoms with Gasteiger partial charge in [-0.2, -0.15) is 0 Å². The average Bonchev–Trinajstić information content (AvgIpc) is 2.70. The van der Waals surface area contributed by atoms with Crippen LogP contribution in [-0.2, 0) is 4.79 Å². The van der Waals surface area contributed by atoms with Gasteiger partial charge in [0.1, 0.15) is 12.6 Å². The van der Waals surface area contributed by atoms with Crippen molar-refractivity contribution in [2.24, 2.45) is 0 Å². The highest BCUT2D eigenvalue weighted by Gasteiger charge is 2.29. The van der Waals surface area contributed by atoms with E-state index in [1.165, 1.54) is 83.1 Å².